The normalized spacial score (nSPS) is 11.1. The monoisotopic (exact) mass is 233 g/mol. The van der Waals surface area contributed by atoms with E-state index >= 15 is 0 Å². The Hall–Kier alpha value is -1.78. The maximum Gasteiger partial charge on any atom is 0.0825 e. The predicted molar refractivity (Wildman–Crippen MR) is 67.9 cm³/mol. The van der Waals surface area contributed by atoms with Crippen LogP contribution < -0.4 is 5.32 Å². The van der Waals surface area contributed by atoms with Gasteiger partial charge in [-0.05, 0) is 26.8 Å². The molecule has 0 saturated heterocycles. The van der Waals surface area contributed by atoms with Crippen molar-refractivity contribution in [3.8, 4) is 0 Å². The molecular weight excluding hydrogens is 214 g/mol. The minimum absolute atomic E-state index is 0.390. The van der Waals surface area contributed by atoms with Gasteiger partial charge >= 0.3 is 0 Å². The molecule has 0 amide bonds. The van der Waals surface area contributed by atoms with Crippen molar-refractivity contribution in [2.75, 3.05) is 5.32 Å². The number of nitrogens with one attached hydrogen (secondary N) is 1. The Balaban J connectivity index is 2.06. The van der Waals surface area contributed by atoms with E-state index in [2.05, 4.69) is 35.6 Å². The fraction of sp³-hybridized carbons (Fsp3) is 0.500. The summed E-state index contributed by atoms with van der Waals surface area (Å²) in [5.41, 5.74) is 3.27. The molecule has 17 heavy (non-hydrogen) atoms. The smallest absolute Gasteiger partial charge is 0.0825 e. The van der Waals surface area contributed by atoms with Gasteiger partial charge in [0, 0.05) is 25.5 Å². The first-order valence-electron chi connectivity index (χ1n) is 5.84. The molecule has 5 heteroatoms. The summed E-state index contributed by atoms with van der Waals surface area (Å²) in [6.07, 6.45) is 3.86. The van der Waals surface area contributed by atoms with Crippen LogP contribution in [0.2, 0.25) is 0 Å². The van der Waals surface area contributed by atoms with E-state index in [0.717, 1.165) is 23.6 Å². The molecule has 92 valence electrons. The van der Waals surface area contributed by atoms with Gasteiger partial charge in [0.05, 0.1) is 23.6 Å². The fourth-order valence-electron chi connectivity index (χ4n) is 1.68. The van der Waals surface area contributed by atoms with Crippen LogP contribution in [0.25, 0.3) is 0 Å². The van der Waals surface area contributed by atoms with E-state index in [1.54, 1.807) is 6.20 Å². The zero-order valence-corrected chi connectivity index (χ0v) is 10.8. The first-order chi connectivity index (χ1) is 8.08. The third-order valence-corrected chi connectivity index (χ3v) is 2.83. The van der Waals surface area contributed by atoms with Crippen molar-refractivity contribution in [3.05, 3.63) is 29.8 Å². The van der Waals surface area contributed by atoms with Crippen molar-refractivity contribution in [3.63, 3.8) is 0 Å². The Bertz CT molecular complexity index is 495. The Morgan fingerprint density at radius 2 is 2.18 bits per heavy atom. The van der Waals surface area contributed by atoms with Crippen molar-refractivity contribution in [2.45, 2.75) is 33.4 Å². The lowest BCUT2D eigenvalue weighted by atomic mass is 10.3. The molecule has 2 rings (SSSR count). The summed E-state index contributed by atoms with van der Waals surface area (Å²) in [4.78, 5) is 0. The van der Waals surface area contributed by atoms with Crippen LogP contribution in [0.5, 0.6) is 0 Å². The Labute approximate surface area is 101 Å². The quantitative estimate of drug-likeness (QED) is 0.880. The topological polar surface area (TPSA) is 47.7 Å². The first-order valence-corrected chi connectivity index (χ1v) is 5.84. The number of aromatic nitrogens is 4. The molecule has 0 saturated carbocycles. The molecule has 0 spiro atoms. The van der Waals surface area contributed by atoms with Crippen LogP contribution in [-0.4, -0.2) is 19.6 Å². The molecule has 0 aliphatic rings. The van der Waals surface area contributed by atoms with Crippen molar-refractivity contribution in [2.24, 2.45) is 7.05 Å². The van der Waals surface area contributed by atoms with Crippen molar-refractivity contribution < 1.29 is 0 Å². The predicted octanol–water partition coefficient (Wildman–Crippen LogP) is 2.12. The summed E-state index contributed by atoms with van der Waals surface area (Å²) in [7, 11) is 1.95. The van der Waals surface area contributed by atoms with Crippen molar-refractivity contribution in [1.29, 1.82) is 0 Å². The van der Waals surface area contributed by atoms with E-state index in [9.17, 15) is 0 Å². The summed E-state index contributed by atoms with van der Waals surface area (Å²) in [6, 6.07) is 2.40. The van der Waals surface area contributed by atoms with E-state index in [4.69, 9.17) is 0 Å². The second-order valence-corrected chi connectivity index (χ2v) is 4.50. The molecular formula is C12H19N5. The molecule has 0 unspecified atom stereocenters. The Morgan fingerprint density at radius 3 is 2.71 bits per heavy atom. The SMILES string of the molecule is Cc1nn(C(C)C)cc1NCc1ccnn1C. The van der Waals surface area contributed by atoms with E-state index in [-0.39, 0.29) is 0 Å². The molecule has 0 aliphatic carbocycles. The maximum absolute atomic E-state index is 4.46. The molecule has 2 aromatic rings. The molecule has 0 fully saturated rings. The Morgan fingerprint density at radius 1 is 1.41 bits per heavy atom. The lowest BCUT2D eigenvalue weighted by Gasteiger charge is -2.05. The minimum Gasteiger partial charge on any atom is -0.377 e. The number of hydrogen-bond donors (Lipinski definition) is 1. The van der Waals surface area contributed by atoms with Gasteiger partial charge in [-0.3, -0.25) is 9.36 Å². The van der Waals surface area contributed by atoms with Crippen molar-refractivity contribution in [1.82, 2.24) is 19.6 Å². The third kappa shape index (κ3) is 2.49. The van der Waals surface area contributed by atoms with Gasteiger partial charge in [-0.1, -0.05) is 0 Å². The van der Waals surface area contributed by atoms with Gasteiger partial charge in [0.25, 0.3) is 0 Å². The van der Waals surface area contributed by atoms with Crippen molar-refractivity contribution >= 4 is 5.69 Å². The van der Waals surface area contributed by atoms with Crippen LogP contribution in [0.3, 0.4) is 0 Å². The van der Waals surface area contributed by atoms with Gasteiger partial charge in [0.15, 0.2) is 0 Å². The second kappa shape index (κ2) is 4.61. The molecule has 0 atom stereocenters. The number of aryl methyl sites for hydroxylation is 2. The van der Waals surface area contributed by atoms with Crippen LogP contribution in [0.1, 0.15) is 31.3 Å². The number of nitrogens with zero attached hydrogens (tertiary/aromatic N) is 4. The summed E-state index contributed by atoms with van der Waals surface area (Å²) in [5.74, 6) is 0. The highest BCUT2D eigenvalue weighted by molar-refractivity contribution is 5.45. The van der Waals surface area contributed by atoms with Gasteiger partial charge in [0.1, 0.15) is 0 Å². The molecule has 0 radical (unpaired) electrons. The molecule has 0 aromatic carbocycles. The molecule has 0 bridgehead atoms. The van der Waals surface area contributed by atoms with Crippen LogP contribution in [0, 0.1) is 6.92 Å². The Kier molecular flexibility index (Phi) is 3.17. The standard InChI is InChI=1S/C12H19N5/c1-9(2)17-8-12(10(3)15-17)13-7-11-5-6-14-16(11)4/h5-6,8-9,13H,7H2,1-4H3. The van der Waals surface area contributed by atoms with E-state index < -0.39 is 0 Å². The van der Waals surface area contributed by atoms with E-state index in [1.807, 2.05) is 29.4 Å². The van der Waals surface area contributed by atoms with Crippen LogP contribution >= 0.6 is 0 Å². The third-order valence-electron chi connectivity index (χ3n) is 2.83. The van der Waals surface area contributed by atoms with Crippen LogP contribution in [0.4, 0.5) is 5.69 Å². The average molecular weight is 233 g/mol. The summed E-state index contributed by atoms with van der Waals surface area (Å²) in [6.45, 7) is 7.03. The highest BCUT2D eigenvalue weighted by Gasteiger charge is 2.07. The summed E-state index contributed by atoms with van der Waals surface area (Å²) in [5, 5.41) is 12.0. The largest absolute Gasteiger partial charge is 0.377 e. The number of rotatable bonds is 4. The van der Waals surface area contributed by atoms with Gasteiger partial charge in [0.2, 0.25) is 0 Å². The fourth-order valence-corrected chi connectivity index (χ4v) is 1.68. The first kappa shape index (κ1) is 11.7. The molecule has 2 aromatic heterocycles. The van der Waals surface area contributed by atoms with Gasteiger partial charge < -0.3 is 5.32 Å². The maximum atomic E-state index is 4.46. The molecule has 1 N–H and O–H groups in total. The zero-order chi connectivity index (χ0) is 12.4. The highest BCUT2D eigenvalue weighted by Crippen LogP contribution is 2.16. The lowest BCUT2D eigenvalue weighted by molar-refractivity contribution is 0.529. The lowest BCUT2D eigenvalue weighted by Crippen LogP contribution is -2.05. The molecule has 0 aliphatic heterocycles. The van der Waals surface area contributed by atoms with Crippen LogP contribution in [-0.2, 0) is 13.6 Å². The summed E-state index contributed by atoms with van der Waals surface area (Å²) < 4.78 is 3.84. The highest BCUT2D eigenvalue weighted by atomic mass is 15.3. The van der Waals surface area contributed by atoms with E-state index in [1.165, 1.54) is 0 Å². The molecule has 2 heterocycles. The average Bonchev–Trinajstić information content (AvgIpc) is 2.82. The summed E-state index contributed by atoms with van der Waals surface area (Å²) >= 11 is 0. The van der Waals surface area contributed by atoms with Gasteiger partial charge in [-0.15, -0.1) is 0 Å². The van der Waals surface area contributed by atoms with E-state index in [0.29, 0.717) is 6.04 Å². The molecule has 5 nitrogen and oxygen atoms in total. The number of hydrogen-bond acceptors (Lipinski definition) is 3. The minimum atomic E-state index is 0.390. The zero-order valence-electron chi connectivity index (χ0n) is 10.8. The van der Waals surface area contributed by atoms with Crippen LogP contribution in [0.15, 0.2) is 18.5 Å². The second-order valence-electron chi connectivity index (χ2n) is 4.50. The van der Waals surface area contributed by atoms with Gasteiger partial charge in [-0.25, -0.2) is 0 Å². The number of anilines is 1. The van der Waals surface area contributed by atoms with Gasteiger partial charge in [-0.2, -0.15) is 10.2 Å².